The summed E-state index contributed by atoms with van der Waals surface area (Å²) in [4.78, 5) is 0. The molecule has 0 amide bonds. The average molecular weight is 287 g/mol. The van der Waals surface area contributed by atoms with Crippen LogP contribution in [0.15, 0.2) is 48.1 Å². The van der Waals surface area contributed by atoms with Gasteiger partial charge in [-0.15, -0.1) is 0 Å². The van der Waals surface area contributed by atoms with Gasteiger partial charge in [-0.3, -0.25) is 0 Å². The van der Waals surface area contributed by atoms with E-state index < -0.39 is 0 Å². The van der Waals surface area contributed by atoms with Crippen LogP contribution in [0.3, 0.4) is 0 Å². The van der Waals surface area contributed by atoms with Crippen molar-refractivity contribution >= 4 is 5.69 Å². The average Bonchev–Trinajstić information content (AvgIpc) is 3.01. The molecular weight excluding hydrogens is 254 g/mol. The Labute approximate surface area is 132 Å². The van der Waals surface area contributed by atoms with E-state index in [2.05, 4.69) is 82.4 Å². The highest BCUT2D eigenvalue weighted by Gasteiger charge is 1.92. The predicted octanol–water partition coefficient (Wildman–Crippen LogP) is 6.52. The highest BCUT2D eigenvalue weighted by molar-refractivity contribution is 5.49. The number of para-hydroxylation sites is 1. The van der Waals surface area contributed by atoms with E-state index in [0.29, 0.717) is 0 Å². The highest BCUT2D eigenvalue weighted by atomic mass is 14.9. The summed E-state index contributed by atoms with van der Waals surface area (Å²) in [5.74, 6) is 0. The van der Waals surface area contributed by atoms with Gasteiger partial charge in [0.15, 0.2) is 0 Å². The van der Waals surface area contributed by atoms with Gasteiger partial charge in [-0.25, -0.2) is 0 Å². The molecule has 2 rings (SSSR count). The SMILES string of the molecule is CCC.CCC1=CC=CC1.CCCNc1ccccc1C. The van der Waals surface area contributed by atoms with E-state index in [0.717, 1.165) is 6.54 Å². The standard InChI is InChI=1S/C10H15N.C7H10.C3H8/c1-3-8-11-10-7-5-4-6-9(10)2;1-2-7-5-3-4-6-7;1-3-2/h4-7,11H,3,8H2,1-2H3;3-5H,2,6H2,1H3;3H2,1-2H3. The molecule has 0 heterocycles. The minimum absolute atomic E-state index is 1.06. The van der Waals surface area contributed by atoms with E-state index in [1.165, 1.54) is 36.9 Å². The first-order valence-electron chi connectivity index (χ1n) is 8.33. The van der Waals surface area contributed by atoms with Crippen LogP contribution >= 0.6 is 0 Å². The van der Waals surface area contributed by atoms with Gasteiger partial charge in [0.1, 0.15) is 0 Å². The minimum atomic E-state index is 1.06. The van der Waals surface area contributed by atoms with Gasteiger partial charge in [0.25, 0.3) is 0 Å². The fraction of sp³-hybridized carbons (Fsp3) is 0.500. The summed E-state index contributed by atoms with van der Waals surface area (Å²) in [6.07, 6.45) is 11.3. The van der Waals surface area contributed by atoms with Crippen molar-refractivity contribution in [3.63, 3.8) is 0 Å². The Balaban J connectivity index is 0.000000342. The third-order valence-electron chi connectivity index (χ3n) is 3.01. The van der Waals surface area contributed by atoms with Gasteiger partial charge in [-0.2, -0.15) is 0 Å². The lowest BCUT2D eigenvalue weighted by molar-refractivity contribution is 0.977. The predicted molar refractivity (Wildman–Crippen MR) is 98.1 cm³/mol. The van der Waals surface area contributed by atoms with Crippen LogP contribution in [0, 0.1) is 6.92 Å². The summed E-state index contributed by atoms with van der Waals surface area (Å²) in [6.45, 7) is 11.8. The van der Waals surface area contributed by atoms with Crippen molar-refractivity contribution in [1.82, 2.24) is 0 Å². The molecule has 0 spiro atoms. The molecule has 0 fully saturated rings. The molecule has 0 bridgehead atoms. The lowest BCUT2D eigenvalue weighted by Gasteiger charge is -2.06. The normalized spacial score (nSPS) is 11.8. The maximum Gasteiger partial charge on any atom is 0.0369 e. The molecule has 1 nitrogen and oxygen atoms in total. The number of benzene rings is 1. The fourth-order valence-corrected chi connectivity index (χ4v) is 1.78. The molecule has 118 valence electrons. The molecule has 0 saturated heterocycles. The summed E-state index contributed by atoms with van der Waals surface area (Å²) in [5.41, 5.74) is 4.13. The van der Waals surface area contributed by atoms with Crippen LogP contribution in [0.25, 0.3) is 0 Å². The summed E-state index contributed by atoms with van der Waals surface area (Å²) in [5, 5.41) is 3.36. The van der Waals surface area contributed by atoms with Crippen molar-refractivity contribution < 1.29 is 0 Å². The van der Waals surface area contributed by atoms with Crippen LogP contribution in [-0.2, 0) is 0 Å². The molecule has 1 N–H and O–H groups in total. The van der Waals surface area contributed by atoms with Crippen LogP contribution in [0.4, 0.5) is 5.69 Å². The molecule has 0 saturated carbocycles. The Morgan fingerprint density at radius 1 is 1.05 bits per heavy atom. The number of allylic oxidation sites excluding steroid dienone is 4. The zero-order chi connectivity index (χ0) is 15.9. The molecule has 1 aliphatic rings. The number of anilines is 1. The van der Waals surface area contributed by atoms with Crippen LogP contribution < -0.4 is 5.32 Å². The topological polar surface area (TPSA) is 12.0 Å². The van der Waals surface area contributed by atoms with Crippen LogP contribution in [0.5, 0.6) is 0 Å². The fourth-order valence-electron chi connectivity index (χ4n) is 1.78. The van der Waals surface area contributed by atoms with Gasteiger partial charge in [-0.05, 0) is 37.8 Å². The van der Waals surface area contributed by atoms with Crippen molar-refractivity contribution in [2.24, 2.45) is 0 Å². The second kappa shape index (κ2) is 13.5. The second-order valence-electron chi connectivity index (χ2n) is 5.26. The number of rotatable bonds is 4. The van der Waals surface area contributed by atoms with Gasteiger partial charge in [0, 0.05) is 12.2 Å². The van der Waals surface area contributed by atoms with Crippen molar-refractivity contribution in [2.75, 3.05) is 11.9 Å². The van der Waals surface area contributed by atoms with Crippen molar-refractivity contribution in [1.29, 1.82) is 0 Å². The Bertz CT molecular complexity index is 416. The van der Waals surface area contributed by atoms with Crippen LogP contribution in [0.1, 0.15) is 58.9 Å². The Hall–Kier alpha value is -1.50. The summed E-state index contributed by atoms with van der Waals surface area (Å²) in [6, 6.07) is 8.36. The molecule has 1 aliphatic carbocycles. The molecular formula is C20H33N. The molecule has 1 aromatic rings. The molecule has 0 unspecified atom stereocenters. The largest absolute Gasteiger partial charge is 0.385 e. The van der Waals surface area contributed by atoms with Crippen LogP contribution in [-0.4, -0.2) is 6.54 Å². The first kappa shape index (κ1) is 19.5. The van der Waals surface area contributed by atoms with E-state index >= 15 is 0 Å². The number of hydrogen-bond acceptors (Lipinski definition) is 1. The molecule has 0 atom stereocenters. The molecule has 21 heavy (non-hydrogen) atoms. The third-order valence-corrected chi connectivity index (χ3v) is 3.01. The van der Waals surface area contributed by atoms with E-state index in [-0.39, 0.29) is 0 Å². The summed E-state index contributed by atoms with van der Waals surface area (Å²) in [7, 11) is 0. The maximum atomic E-state index is 3.36. The first-order chi connectivity index (χ1) is 10.2. The van der Waals surface area contributed by atoms with Gasteiger partial charge in [0.05, 0.1) is 0 Å². The zero-order valence-corrected chi connectivity index (χ0v) is 14.6. The molecule has 0 aliphatic heterocycles. The molecule has 0 radical (unpaired) electrons. The van der Waals surface area contributed by atoms with Gasteiger partial charge in [-0.1, -0.05) is 76.1 Å². The van der Waals surface area contributed by atoms with Gasteiger partial charge < -0.3 is 5.32 Å². The maximum absolute atomic E-state index is 3.36. The Kier molecular flexibility index (Phi) is 12.5. The monoisotopic (exact) mass is 287 g/mol. The molecule has 1 heteroatoms. The van der Waals surface area contributed by atoms with Crippen LogP contribution in [0.2, 0.25) is 0 Å². The van der Waals surface area contributed by atoms with Crippen molar-refractivity contribution in [3.05, 3.63) is 53.6 Å². The Morgan fingerprint density at radius 2 is 1.71 bits per heavy atom. The van der Waals surface area contributed by atoms with E-state index in [4.69, 9.17) is 0 Å². The number of aryl methyl sites for hydroxylation is 1. The third kappa shape index (κ3) is 9.95. The van der Waals surface area contributed by atoms with Crippen molar-refractivity contribution in [3.8, 4) is 0 Å². The first-order valence-corrected chi connectivity index (χ1v) is 8.33. The molecule has 0 aromatic heterocycles. The second-order valence-corrected chi connectivity index (χ2v) is 5.26. The van der Waals surface area contributed by atoms with E-state index in [1.807, 2.05) is 0 Å². The summed E-state index contributed by atoms with van der Waals surface area (Å²) >= 11 is 0. The quantitative estimate of drug-likeness (QED) is 0.665. The minimum Gasteiger partial charge on any atom is -0.385 e. The van der Waals surface area contributed by atoms with E-state index in [9.17, 15) is 0 Å². The summed E-state index contributed by atoms with van der Waals surface area (Å²) < 4.78 is 0. The Morgan fingerprint density at radius 3 is 2.14 bits per heavy atom. The van der Waals surface area contributed by atoms with Gasteiger partial charge in [0.2, 0.25) is 0 Å². The highest BCUT2D eigenvalue weighted by Crippen LogP contribution is 2.13. The number of hydrogen-bond donors (Lipinski definition) is 1. The van der Waals surface area contributed by atoms with E-state index in [1.54, 1.807) is 5.57 Å². The zero-order valence-electron chi connectivity index (χ0n) is 14.6. The van der Waals surface area contributed by atoms with Crippen molar-refractivity contribution in [2.45, 2.75) is 60.3 Å². The lowest BCUT2D eigenvalue weighted by Crippen LogP contribution is -2.00. The molecule has 1 aromatic carbocycles. The van der Waals surface area contributed by atoms with Gasteiger partial charge >= 0.3 is 0 Å². The smallest absolute Gasteiger partial charge is 0.0369 e. The lowest BCUT2D eigenvalue weighted by atomic mass is 10.2. The number of nitrogens with one attached hydrogen (secondary N) is 1.